The quantitative estimate of drug-likeness (QED) is 0.574. The summed E-state index contributed by atoms with van der Waals surface area (Å²) in [7, 11) is 0. The fraction of sp³-hybridized carbons (Fsp3) is 0.0588. The molecular formula is C17H13ClN6. The minimum atomic E-state index is -0.117. The van der Waals surface area contributed by atoms with Gasteiger partial charge in [0.1, 0.15) is 12.4 Å². The van der Waals surface area contributed by atoms with E-state index in [2.05, 4.69) is 32.6 Å². The largest absolute Gasteiger partial charge is 0.306 e. The van der Waals surface area contributed by atoms with E-state index >= 15 is 0 Å². The topological polar surface area (TPSA) is 61.4 Å². The lowest BCUT2D eigenvalue weighted by atomic mass is 9.98. The lowest BCUT2D eigenvalue weighted by Gasteiger charge is -2.18. The van der Waals surface area contributed by atoms with Crippen molar-refractivity contribution >= 4 is 11.6 Å². The number of imidazole rings is 1. The molecule has 0 N–H and O–H groups in total. The van der Waals surface area contributed by atoms with Crippen LogP contribution in [0.2, 0.25) is 5.02 Å². The van der Waals surface area contributed by atoms with Crippen LogP contribution in [0.4, 0.5) is 0 Å². The monoisotopic (exact) mass is 336 g/mol. The molecule has 0 aliphatic heterocycles. The molecule has 7 heteroatoms. The number of halogens is 1. The second-order valence-corrected chi connectivity index (χ2v) is 5.74. The standard InChI is InChI=1S/C17H13ClN6/c18-15-5-1-13(2-6-15)17(24-12-20-21-22-24)14-3-7-16(8-4-14)23-10-9-19-11-23/h1-12,17H. The number of benzene rings is 2. The summed E-state index contributed by atoms with van der Waals surface area (Å²) in [5.74, 6) is 0. The lowest BCUT2D eigenvalue weighted by molar-refractivity contribution is 0.570. The molecule has 2 aromatic carbocycles. The lowest BCUT2D eigenvalue weighted by Crippen LogP contribution is -2.13. The number of nitrogens with zero attached hydrogens (tertiary/aromatic N) is 6. The summed E-state index contributed by atoms with van der Waals surface area (Å²) in [5.41, 5.74) is 3.18. The highest BCUT2D eigenvalue weighted by molar-refractivity contribution is 6.30. The molecule has 0 amide bonds. The molecule has 0 saturated heterocycles. The maximum atomic E-state index is 6.01. The zero-order valence-corrected chi connectivity index (χ0v) is 13.3. The molecule has 0 spiro atoms. The van der Waals surface area contributed by atoms with Gasteiger partial charge in [-0.25, -0.2) is 9.67 Å². The Labute approximate surface area is 143 Å². The predicted molar refractivity (Wildman–Crippen MR) is 90.1 cm³/mol. The molecule has 0 bridgehead atoms. The molecule has 0 fully saturated rings. The van der Waals surface area contributed by atoms with E-state index < -0.39 is 0 Å². The first kappa shape index (κ1) is 14.6. The highest BCUT2D eigenvalue weighted by Crippen LogP contribution is 2.27. The van der Waals surface area contributed by atoms with E-state index in [4.69, 9.17) is 11.6 Å². The maximum Gasteiger partial charge on any atom is 0.139 e. The number of tetrazole rings is 1. The SMILES string of the molecule is Clc1ccc(C(c2ccc(-n3ccnc3)cc2)n2cnnn2)cc1. The van der Waals surface area contributed by atoms with Gasteiger partial charge < -0.3 is 4.57 Å². The van der Waals surface area contributed by atoms with Crippen LogP contribution < -0.4 is 0 Å². The van der Waals surface area contributed by atoms with Crippen molar-refractivity contribution in [1.82, 2.24) is 29.8 Å². The van der Waals surface area contributed by atoms with Gasteiger partial charge in [0.15, 0.2) is 0 Å². The van der Waals surface area contributed by atoms with Gasteiger partial charge in [-0.2, -0.15) is 0 Å². The van der Waals surface area contributed by atoms with Crippen LogP contribution >= 0.6 is 11.6 Å². The van der Waals surface area contributed by atoms with Crippen LogP contribution in [0.5, 0.6) is 0 Å². The summed E-state index contributed by atoms with van der Waals surface area (Å²) in [6.07, 6.45) is 7.05. The van der Waals surface area contributed by atoms with Crippen LogP contribution in [0.15, 0.2) is 73.6 Å². The number of rotatable bonds is 4. The molecule has 0 radical (unpaired) electrons. The van der Waals surface area contributed by atoms with E-state index in [-0.39, 0.29) is 6.04 Å². The van der Waals surface area contributed by atoms with Gasteiger partial charge in [-0.15, -0.1) is 5.10 Å². The van der Waals surface area contributed by atoms with Gasteiger partial charge in [0.05, 0.1) is 6.33 Å². The Morgan fingerprint density at radius 2 is 1.58 bits per heavy atom. The molecule has 6 nitrogen and oxygen atoms in total. The van der Waals surface area contributed by atoms with Crippen molar-refractivity contribution in [2.45, 2.75) is 6.04 Å². The minimum Gasteiger partial charge on any atom is -0.306 e. The van der Waals surface area contributed by atoms with Crippen molar-refractivity contribution < 1.29 is 0 Å². The summed E-state index contributed by atoms with van der Waals surface area (Å²) in [6, 6.07) is 15.8. The Bertz CT molecular complexity index is 899. The van der Waals surface area contributed by atoms with Crippen LogP contribution in [-0.2, 0) is 0 Å². The van der Waals surface area contributed by atoms with Gasteiger partial charge >= 0.3 is 0 Å². The van der Waals surface area contributed by atoms with Crippen LogP contribution in [0.25, 0.3) is 5.69 Å². The zero-order chi connectivity index (χ0) is 16.4. The third kappa shape index (κ3) is 2.79. The van der Waals surface area contributed by atoms with Crippen molar-refractivity contribution in [2.24, 2.45) is 0 Å². The van der Waals surface area contributed by atoms with Crippen LogP contribution in [-0.4, -0.2) is 29.8 Å². The third-order valence-corrected chi connectivity index (χ3v) is 4.08. The number of hydrogen-bond donors (Lipinski definition) is 0. The molecule has 0 saturated carbocycles. The highest BCUT2D eigenvalue weighted by Gasteiger charge is 2.17. The number of aromatic nitrogens is 6. The highest BCUT2D eigenvalue weighted by atomic mass is 35.5. The van der Waals surface area contributed by atoms with Crippen LogP contribution in [0, 0.1) is 0 Å². The molecule has 4 aromatic rings. The summed E-state index contributed by atoms with van der Waals surface area (Å²) in [4.78, 5) is 4.07. The summed E-state index contributed by atoms with van der Waals surface area (Å²) in [5, 5.41) is 12.3. The second-order valence-electron chi connectivity index (χ2n) is 5.31. The van der Waals surface area contributed by atoms with Gasteiger partial charge in [0.25, 0.3) is 0 Å². The van der Waals surface area contributed by atoms with E-state index in [1.165, 1.54) is 0 Å². The van der Waals surface area contributed by atoms with Crippen LogP contribution in [0.3, 0.4) is 0 Å². The van der Waals surface area contributed by atoms with E-state index in [1.54, 1.807) is 23.5 Å². The van der Waals surface area contributed by atoms with Gasteiger partial charge in [0, 0.05) is 23.1 Å². The first-order valence-electron chi connectivity index (χ1n) is 7.37. The molecule has 2 heterocycles. The van der Waals surface area contributed by atoms with Crippen molar-refractivity contribution in [3.05, 3.63) is 89.7 Å². The fourth-order valence-electron chi connectivity index (χ4n) is 2.67. The maximum absolute atomic E-state index is 6.01. The molecule has 0 aliphatic rings. The molecule has 0 aliphatic carbocycles. The molecule has 1 atom stereocenters. The molecular weight excluding hydrogens is 324 g/mol. The summed E-state index contributed by atoms with van der Waals surface area (Å²) >= 11 is 6.01. The van der Waals surface area contributed by atoms with E-state index in [9.17, 15) is 0 Å². The Morgan fingerprint density at radius 3 is 2.17 bits per heavy atom. The first-order valence-corrected chi connectivity index (χ1v) is 7.75. The Kier molecular flexibility index (Phi) is 3.80. The van der Waals surface area contributed by atoms with Crippen molar-refractivity contribution in [2.75, 3.05) is 0 Å². The van der Waals surface area contributed by atoms with Gasteiger partial charge in [-0.3, -0.25) is 0 Å². The minimum absolute atomic E-state index is 0.117. The summed E-state index contributed by atoms with van der Waals surface area (Å²) < 4.78 is 3.69. The molecule has 118 valence electrons. The van der Waals surface area contributed by atoms with Crippen LogP contribution in [0.1, 0.15) is 17.2 Å². The van der Waals surface area contributed by atoms with Gasteiger partial charge in [-0.05, 0) is 45.8 Å². The molecule has 2 aromatic heterocycles. The second kappa shape index (κ2) is 6.25. The van der Waals surface area contributed by atoms with E-state index in [0.717, 1.165) is 16.8 Å². The van der Waals surface area contributed by atoms with E-state index in [1.807, 2.05) is 47.2 Å². The fourth-order valence-corrected chi connectivity index (χ4v) is 2.80. The Hall–Kier alpha value is -2.99. The Morgan fingerprint density at radius 1 is 0.875 bits per heavy atom. The van der Waals surface area contributed by atoms with Crippen molar-refractivity contribution in [3.63, 3.8) is 0 Å². The smallest absolute Gasteiger partial charge is 0.139 e. The average Bonchev–Trinajstić information content (AvgIpc) is 3.31. The first-order chi connectivity index (χ1) is 11.8. The van der Waals surface area contributed by atoms with Crippen molar-refractivity contribution in [3.8, 4) is 5.69 Å². The van der Waals surface area contributed by atoms with E-state index in [0.29, 0.717) is 5.02 Å². The zero-order valence-electron chi connectivity index (χ0n) is 12.6. The molecule has 4 rings (SSSR count). The van der Waals surface area contributed by atoms with Gasteiger partial charge in [-0.1, -0.05) is 35.9 Å². The number of hydrogen-bond acceptors (Lipinski definition) is 4. The van der Waals surface area contributed by atoms with Gasteiger partial charge in [0.2, 0.25) is 0 Å². The van der Waals surface area contributed by atoms with Crippen molar-refractivity contribution in [1.29, 1.82) is 0 Å². The normalized spacial score (nSPS) is 12.2. The third-order valence-electron chi connectivity index (χ3n) is 3.83. The predicted octanol–water partition coefficient (Wildman–Crippen LogP) is 3.15. The summed E-state index contributed by atoms with van der Waals surface area (Å²) in [6.45, 7) is 0. The molecule has 1 unspecified atom stereocenters. The Balaban J connectivity index is 1.75. The average molecular weight is 337 g/mol. The molecule has 24 heavy (non-hydrogen) atoms.